The molecule has 4 rings (SSSR count). The van der Waals surface area contributed by atoms with Crippen molar-refractivity contribution in [2.75, 3.05) is 31.1 Å². The highest BCUT2D eigenvalue weighted by atomic mass is 35.5. The van der Waals surface area contributed by atoms with Gasteiger partial charge < -0.3 is 24.5 Å². The van der Waals surface area contributed by atoms with Crippen molar-refractivity contribution in [1.29, 1.82) is 0 Å². The van der Waals surface area contributed by atoms with Gasteiger partial charge in [-0.3, -0.25) is 14.4 Å². The highest BCUT2D eigenvalue weighted by Gasteiger charge is 2.75. The van der Waals surface area contributed by atoms with Crippen molar-refractivity contribution in [3.8, 4) is 0 Å². The van der Waals surface area contributed by atoms with Crippen molar-refractivity contribution in [2.45, 2.75) is 70.2 Å². The van der Waals surface area contributed by atoms with E-state index in [9.17, 15) is 19.5 Å². The molecule has 0 aromatic heterocycles. The van der Waals surface area contributed by atoms with Crippen LogP contribution in [0, 0.1) is 17.8 Å². The summed E-state index contributed by atoms with van der Waals surface area (Å²) in [6.45, 7) is 14.5. The van der Waals surface area contributed by atoms with Crippen LogP contribution in [0.2, 0.25) is 5.02 Å². The van der Waals surface area contributed by atoms with Crippen LogP contribution in [0.3, 0.4) is 0 Å². The van der Waals surface area contributed by atoms with Gasteiger partial charge in [0.2, 0.25) is 11.8 Å². The first-order chi connectivity index (χ1) is 19.2. The number of nitrogens with zero attached hydrogens (tertiary/aromatic N) is 3. The van der Waals surface area contributed by atoms with E-state index in [1.807, 2.05) is 20.8 Å². The normalized spacial score (nSPS) is 28.2. The number of hydrogen-bond donors (Lipinski definition) is 1. The smallest absolute Gasteiger partial charge is 0.253 e. The van der Waals surface area contributed by atoms with Crippen molar-refractivity contribution in [3.05, 3.63) is 54.6 Å². The summed E-state index contributed by atoms with van der Waals surface area (Å²) in [6.07, 6.45) is 5.43. The lowest BCUT2D eigenvalue weighted by atomic mass is 9.70. The van der Waals surface area contributed by atoms with Gasteiger partial charge in [-0.1, -0.05) is 50.9 Å². The van der Waals surface area contributed by atoms with E-state index in [4.69, 9.17) is 16.3 Å². The average Bonchev–Trinajstić information content (AvgIpc) is 3.59. The highest BCUT2D eigenvalue weighted by molar-refractivity contribution is 6.30. The molecule has 3 fully saturated rings. The van der Waals surface area contributed by atoms with Gasteiger partial charge in [-0.25, -0.2) is 0 Å². The number of fused-ring (bicyclic) bond motifs is 1. The molecule has 0 radical (unpaired) electrons. The molecule has 9 heteroatoms. The Labute approximate surface area is 242 Å². The second-order valence-electron chi connectivity index (χ2n) is 11.2. The molecule has 2 bridgehead atoms. The second kappa shape index (κ2) is 12.5. The van der Waals surface area contributed by atoms with Crippen LogP contribution in [-0.2, 0) is 19.1 Å². The lowest BCUT2D eigenvalue weighted by molar-refractivity contribution is -0.148. The Balaban J connectivity index is 1.83. The zero-order valence-electron chi connectivity index (χ0n) is 23.8. The van der Waals surface area contributed by atoms with Crippen molar-refractivity contribution in [3.63, 3.8) is 0 Å². The molecule has 2 unspecified atom stereocenters. The SMILES string of the molecule is C=CCN(CCC)C(=O)[C@@H]1[C@@H]2CCC3(O2)C(C(=O)N(CC=C)c2ccc(Cl)cc2)N([C@@H](CO)[C@@H](C)CC)C(=O)[C@H]13. The number of carbonyl (C=O) groups is 3. The number of halogens is 1. The summed E-state index contributed by atoms with van der Waals surface area (Å²) >= 11 is 6.13. The molecular formula is C31H42ClN3O5. The van der Waals surface area contributed by atoms with Crippen molar-refractivity contribution >= 4 is 35.0 Å². The summed E-state index contributed by atoms with van der Waals surface area (Å²) in [5, 5.41) is 11.1. The van der Waals surface area contributed by atoms with Crippen LogP contribution in [0.15, 0.2) is 49.6 Å². The van der Waals surface area contributed by atoms with Gasteiger partial charge in [-0.15, -0.1) is 13.2 Å². The molecule has 8 nitrogen and oxygen atoms in total. The minimum atomic E-state index is -1.15. The number of benzene rings is 1. The lowest BCUT2D eigenvalue weighted by Gasteiger charge is -2.40. The number of hydrogen-bond acceptors (Lipinski definition) is 5. The van der Waals surface area contributed by atoms with E-state index in [1.54, 1.807) is 51.1 Å². The van der Waals surface area contributed by atoms with Crippen LogP contribution in [0.4, 0.5) is 5.69 Å². The number of likely N-dealkylation sites (tertiary alicyclic amines) is 1. The summed E-state index contributed by atoms with van der Waals surface area (Å²) in [5.41, 5.74) is -0.538. The van der Waals surface area contributed by atoms with Gasteiger partial charge in [0.25, 0.3) is 5.91 Å². The lowest BCUT2D eigenvalue weighted by Crippen LogP contribution is -2.60. The summed E-state index contributed by atoms with van der Waals surface area (Å²) in [5.74, 6) is -2.30. The quantitative estimate of drug-likeness (QED) is 0.361. The average molecular weight is 572 g/mol. The van der Waals surface area contributed by atoms with Crippen molar-refractivity contribution in [1.82, 2.24) is 9.80 Å². The molecule has 1 spiro atoms. The van der Waals surface area contributed by atoms with Crippen molar-refractivity contribution < 1.29 is 24.2 Å². The maximum absolute atomic E-state index is 14.6. The van der Waals surface area contributed by atoms with E-state index in [2.05, 4.69) is 13.2 Å². The fraction of sp³-hybridized carbons (Fsp3) is 0.581. The number of amides is 3. The molecule has 3 heterocycles. The largest absolute Gasteiger partial charge is 0.394 e. The minimum Gasteiger partial charge on any atom is -0.394 e. The first-order valence-electron chi connectivity index (χ1n) is 14.4. The van der Waals surface area contributed by atoms with Gasteiger partial charge in [0.15, 0.2) is 0 Å². The molecule has 3 aliphatic heterocycles. The number of carbonyl (C=O) groups excluding carboxylic acids is 3. The monoisotopic (exact) mass is 571 g/mol. The Morgan fingerprint density at radius 2 is 1.88 bits per heavy atom. The molecule has 1 aromatic rings. The number of rotatable bonds is 13. The standard InChI is InChI=1S/C31H42ClN3O5/c1-6-16-33(17-7-2)28(37)25-24-14-15-31(40-24)26(25)29(38)35(23(19-36)20(5)9-4)27(31)30(39)34(18-8-3)22-12-10-21(32)11-13-22/h6,8,10-13,20,23-27,36H,1,3,7,9,14-19H2,2,4-5H3/t20-,23-,24-,25+,26-,27?,31?/m0/s1. The third-order valence-electron chi connectivity index (χ3n) is 8.97. The number of aliphatic hydroxyl groups excluding tert-OH is 1. The second-order valence-corrected chi connectivity index (χ2v) is 11.7. The van der Waals surface area contributed by atoms with Gasteiger partial charge in [0.1, 0.15) is 11.6 Å². The maximum Gasteiger partial charge on any atom is 0.253 e. The van der Waals surface area contributed by atoms with Crippen LogP contribution < -0.4 is 4.90 Å². The minimum absolute atomic E-state index is 0.0773. The van der Waals surface area contributed by atoms with E-state index >= 15 is 0 Å². The summed E-state index contributed by atoms with van der Waals surface area (Å²) in [4.78, 5) is 47.9. The van der Waals surface area contributed by atoms with E-state index in [-0.39, 0.29) is 36.8 Å². The molecule has 0 saturated carbocycles. The predicted molar refractivity (Wildman–Crippen MR) is 156 cm³/mol. The van der Waals surface area contributed by atoms with Gasteiger partial charge in [-0.2, -0.15) is 0 Å². The third-order valence-corrected chi connectivity index (χ3v) is 9.22. The van der Waals surface area contributed by atoms with Crippen LogP contribution in [-0.4, -0.2) is 82.7 Å². The van der Waals surface area contributed by atoms with E-state index in [0.29, 0.717) is 43.1 Å². The Hall–Kier alpha value is -2.68. The summed E-state index contributed by atoms with van der Waals surface area (Å²) in [7, 11) is 0. The predicted octanol–water partition coefficient (Wildman–Crippen LogP) is 4.07. The van der Waals surface area contributed by atoms with Crippen LogP contribution in [0.25, 0.3) is 0 Å². The van der Waals surface area contributed by atoms with E-state index in [0.717, 1.165) is 6.42 Å². The molecule has 3 saturated heterocycles. The molecule has 218 valence electrons. The number of aliphatic hydroxyl groups is 1. The van der Waals surface area contributed by atoms with Crippen LogP contribution in [0.5, 0.6) is 0 Å². The maximum atomic E-state index is 14.6. The third kappa shape index (κ3) is 4.99. The molecule has 1 N–H and O–H groups in total. The molecule has 0 aliphatic carbocycles. The Kier molecular flexibility index (Phi) is 9.43. The van der Waals surface area contributed by atoms with Gasteiger partial charge in [-0.05, 0) is 49.4 Å². The molecule has 1 aromatic carbocycles. The zero-order chi connectivity index (χ0) is 29.2. The van der Waals surface area contributed by atoms with Gasteiger partial charge in [0, 0.05) is 30.3 Å². The van der Waals surface area contributed by atoms with E-state index < -0.39 is 35.6 Å². The number of anilines is 1. The van der Waals surface area contributed by atoms with Gasteiger partial charge >= 0.3 is 0 Å². The van der Waals surface area contributed by atoms with Crippen LogP contribution >= 0.6 is 11.6 Å². The Morgan fingerprint density at radius 3 is 2.45 bits per heavy atom. The molecule has 7 atom stereocenters. The number of ether oxygens (including phenoxy) is 1. The Morgan fingerprint density at radius 1 is 1.20 bits per heavy atom. The topological polar surface area (TPSA) is 90.4 Å². The van der Waals surface area contributed by atoms with Crippen molar-refractivity contribution in [2.24, 2.45) is 17.8 Å². The molecular weight excluding hydrogens is 530 g/mol. The molecule has 40 heavy (non-hydrogen) atoms. The summed E-state index contributed by atoms with van der Waals surface area (Å²) < 4.78 is 6.64. The Bertz CT molecular complexity index is 1130. The molecule has 3 amide bonds. The highest BCUT2D eigenvalue weighted by Crippen LogP contribution is 2.59. The van der Waals surface area contributed by atoms with Gasteiger partial charge in [0.05, 0.1) is 30.6 Å². The fourth-order valence-electron chi connectivity index (χ4n) is 6.97. The first-order valence-corrected chi connectivity index (χ1v) is 14.8. The van der Waals surface area contributed by atoms with E-state index in [1.165, 1.54) is 0 Å². The molecule has 3 aliphatic rings. The zero-order valence-corrected chi connectivity index (χ0v) is 24.6. The van der Waals surface area contributed by atoms with Crippen LogP contribution in [0.1, 0.15) is 46.5 Å². The first kappa shape index (κ1) is 30.3. The summed E-state index contributed by atoms with van der Waals surface area (Å²) in [6, 6.07) is 5.35. The fourth-order valence-corrected chi connectivity index (χ4v) is 7.10.